The summed E-state index contributed by atoms with van der Waals surface area (Å²) in [5.41, 5.74) is 0. The van der Waals surface area contributed by atoms with E-state index in [9.17, 15) is 0 Å². The van der Waals surface area contributed by atoms with E-state index in [1.54, 1.807) is 11.3 Å². The molecule has 0 saturated heterocycles. The molecule has 6 heteroatoms. The van der Waals surface area contributed by atoms with Crippen molar-refractivity contribution in [3.05, 3.63) is 22.4 Å². The highest BCUT2D eigenvalue weighted by molar-refractivity contribution is 7.98. The van der Waals surface area contributed by atoms with Crippen LogP contribution in [0.4, 0.5) is 0 Å². The van der Waals surface area contributed by atoms with Gasteiger partial charge in [0.25, 0.3) is 0 Å². The molecule has 1 atom stereocenters. The lowest BCUT2D eigenvalue weighted by Gasteiger charge is -2.23. The minimum absolute atomic E-state index is 0.501. The van der Waals surface area contributed by atoms with Gasteiger partial charge in [0, 0.05) is 17.2 Å². The standard InChI is InChI=1S/C12H16ClN3S2/c1-8(7-17-3)16(2)6-10-14-11(13)9-4-5-18-12(9)15-10/h4-5,8H,6-7H2,1-3H3. The number of nitrogens with zero attached hydrogens (tertiary/aromatic N) is 3. The first-order valence-corrected chi connectivity index (χ1v) is 8.35. The van der Waals surface area contributed by atoms with E-state index in [1.165, 1.54) is 0 Å². The zero-order valence-electron chi connectivity index (χ0n) is 10.7. The van der Waals surface area contributed by atoms with E-state index in [4.69, 9.17) is 11.6 Å². The first-order valence-electron chi connectivity index (χ1n) is 5.70. The zero-order valence-corrected chi connectivity index (χ0v) is 13.1. The molecule has 0 N–H and O–H groups in total. The van der Waals surface area contributed by atoms with Gasteiger partial charge in [0.2, 0.25) is 0 Å². The number of fused-ring (bicyclic) bond motifs is 1. The van der Waals surface area contributed by atoms with Crippen LogP contribution >= 0.6 is 34.7 Å². The van der Waals surface area contributed by atoms with Gasteiger partial charge in [0.15, 0.2) is 0 Å². The lowest BCUT2D eigenvalue weighted by molar-refractivity contribution is 0.263. The average Bonchev–Trinajstić information content (AvgIpc) is 2.77. The summed E-state index contributed by atoms with van der Waals surface area (Å²) in [6, 6.07) is 2.47. The Labute approximate surface area is 121 Å². The molecule has 0 aliphatic carbocycles. The maximum absolute atomic E-state index is 6.16. The number of hydrogen-bond donors (Lipinski definition) is 0. The van der Waals surface area contributed by atoms with Gasteiger partial charge < -0.3 is 0 Å². The van der Waals surface area contributed by atoms with Gasteiger partial charge in [0.1, 0.15) is 15.8 Å². The molecule has 0 amide bonds. The molecule has 0 aliphatic rings. The van der Waals surface area contributed by atoms with Crippen molar-refractivity contribution in [2.45, 2.75) is 19.5 Å². The fraction of sp³-hybridized carbons (Fsp3) is 0.500. The Balaban J connectivity index is 2.16. The van der Waals surface area contributed by atoms with Crippen molar-refractivity contribution in [1.82, 2.24) is 14.9 Å². The summed E-state index contributed by atoms with van der Waals surface area (Å²) >= 11 is 9.61. The van der Waals surface area contributed by atoms with Crippen molar-refractivity contribution < 1.29 is 0 Å². The normalized spacial score (nSPS) is 13.4. The molecule has 2 rings (SSSR count). The summed E-state index contributed by atoms with van der Waals surface area (Å²) in [6.07, 6.45) is 2.12. The van der Waals surface area contributed by atoms with Gasteiger partial charge in [-0.15, -0.1) is 11.3 Å². The second-order valence-corrected chi connectivity index (χ2v) is 6.45. The Hall–Kier alpha value is -0.360. The highest BCUT2D eigenvalue weighted by Crippen LogP contribution is 2.25. The molecular weight excluding hydrogens is 286 g/mol. The Morgan fingerprint density at radius 3 is 3.00 bits per heavy atom. The van der Waals surface area contributed by atoms with Crippen LogP contribution in [0, 0.1) is 0 Å². The predicted octanol–water partition coefficient (Wildman–Crippen LogP) is 3.53. The summed E-state index contributed by atoms with van der Waals surface area (Å²) < 4.78 is 0. The predicted molar refractivity (Wildman–Crippen MR) is 81.7 cm³/mol. The smallest absolute Gasteiger partial charge is 0.145 e. The molecule has 0 spiro atoms. The topological polar surface area (TPSA) is 29.0 Å². The van der Waals surface area contributed by atoms with E-state index < -0.39 is 0 Å². The van der Waals surface area contributed by atoms with Crippen LogP contribution in [0.1, 0.15) is 12.7 Å². The van der Waals surface area contributed by atoms with Crippen molar-refractivity contribution >= 4 is 44.9 Å². The van der Waals surface area contributed by atoms with Gasteiger partial charge >= 0.3 is 0 Å². The molecule has 3 nitrogen and oxygen atoms in total. The number of aromatic nitrogens is 2. The van der Waals surface area contributed by atoms with Crippen LogP contribution in [-0.4, -0.2) is 40.0 Å². The van der Waals surface area contributed by atoms with Crippen LogP contribution in [0.25, 0.3) is 10.2 Å². The molecule has 2 heterocycles. The van der Waals surface area contributed by atoms with Crippen molar-refractivity contribution in [3.8, 4) is 0 Å². The Morgan fingerprint density at radius 1 is 1.50 bits per heavy atom. The van der Waals surface area contributed by atoms with Crippen molar-refractivity contribution in [1.29, 1.82) is 0 Å². The summed E-state index contributed by atoms with van der Waals surface area (Å²) in [5.74, 6) is 1.90. The van der Waals surface area contributed by atoms with Gasteiger partial charge in [-0.25, -0.2) is 9.97 Å². The second-order valence-electron chi connectivity index (χ2n) is 4.29. The van der Waals surface area contributed by atoms with Gasteiger partial charge in [0.05, 0.1) is 6.54 Å². The van der Waals surface area contributed by atoms with Crippen molar-refractivity contribution in [3.63, 3.8) is 0 Å². The molecule has 0 aliphatic heterocycles. The lowest BCUT2D eigenvalue weighted by Crippen LogP contribution is -2.31. The van der Waals surface area contributed by atoms with Crippen LogP contribution in [0.15, 0.2) is 11.4 Å². The third-order valence-electron chi connectivity index (χ3n) is 2.88. The van der Waals surface area contributed by atoms with Crippen LogP contribution in [-0.2, 0) is 6.54 Å². The lowest BCUT2D eigenvalue weighted by atomic mass is 10.3. The number of rotatable bonds is 5. The summed E-state index contributed by atoms with van der Waals surface area (Å²) in [6.45, 7) is 2.94. The number of thiophene rings is 1. The van der Waals surface area contributed by atoms with E-state index >= 15 is 0 Å². The fourth-order valence-electron chi connectivity index (χ4n) is 1.68. The van der Waals surface area contributed by atoms with Gasteiger partial charge in [-0.05, 0) is 31.7 Å². The quantitative estimate of drug-likeness (QED) is 0.790. The zero-order chi connectivity index (χ0) is 13.1. The molecule has 98 valence electrons. The summed E-state index contributed by atoms with van der Waals surface area (Å²) in [4.78, 5) is 12.1. The van der Waals surface area contributed by atoms with Gasteiger partial charge in [-0.3, -0.25) is 4.90 Å². The number of thioether (sulfide) groups is 1. The highest BCUT2D eigenvalue weighted by atomic mass is 35.5. The Kier molecular flexibility index (Phi) is 4.84. The Morgan fingerprint density at radius 2 is 2.28 bits per heavy atom. The molecule has 2 aromatic heterocycles. The largest absolute Gasteiger partial charge is 0.295 e. The molecule has 18 heavy (non-hydrogen) atoms. The average molecular weight is 302 g/mol. The van der Waals surface area contributed by atoms with Crippen LogP contribution in [0.5, 0.6) is 0 Å². The maximum Gasteiger partial charge on any atom is 0.145 e. The molecule has 0 saturated carbocycles. The van der Waals surface area contributed by atoms with Gasteiger partial charge in [-0.1, -0.05) is 11.6 Å². The Bertz CT molecular complexity index is 529. The van der Waals surface area contributed by atoms with E-state index in [0.717, 1.165) is 28.3 Å². The highest BCUT2D eigenvalue weighted by Gasteiger charge is 2.12. The van der Waals surface area contributed by atoms with E-state index in [-0.39, 0.29) is 0 Å². The molecule has 0 bridgehead atoms. The molecular formula is C12H16ClN3S2. The van der Waals surface area contributed by atoms with Crippen LogP contribution in [0.3, 0.4) is 0 Å². The third kappa shape index (κ3) is 3.15. The van der Waals surface area contributed by atoms with Crippen molar-refractivity contribution in [2.75, 3.05) is 19.1 Å². The van der Waals surface area contributed by atoms with Crippen LogP contribution < -0.4 is 0 Å². The minimum Gasteiger partial charge on any atom is -0.295 e. The maximum atomic E-state index is 6.16. The van der Waals surface area contributed by atoms with E-state index in [1.807, 2.05) is 23.2 Å². The SMILES string of the molecule is CSCC(C)N(C)Cc1nc(Cl)c2ccsc2n1. The van der Waals surface area contributed by atoms with Gasteiger partial charge in [-0.2, -0.15) is 11.8 Å². The molecule has 0 radical (unpaired) electrons. The van der Waals surface area contributed by atoms with E-state index in [2.05, 4.69) is 35.1 Å². The first-order chi connectivity index (χ1) is 8.61. The third-order valence-corrected chi connectivity index (χ3v) is 4.79. The first kappa shape index (κ1) is 14.1. The van der Waals surface area contributed by atoms with Crippen molar-refractivity contribution in [2.24, 2.45) is 0 Å². The molecule has 1 unspecified atom stereocenters. The fourth-order valence-corrected chi connectivity index (χ4v) is 3.50. The number of hydrogen-bond acceptors (Lipinski definition) is 5. The minimum atomic E-state index is 0.501. The second kappa shape index (κ2) is 6.19. The monoisotopic (exact) mass is 301 g/mol. The molecule has 0 aromatic carbocycles. The summed E-state index contributed by atoms with van der Waals surface area (Å²) in [5, 5.41) is 3.50. The number of halogens is 1. The van der Waals surface area contributed by atoms with E-state index in [0.29, 0.717) is 11.2 Å². The van der Waals surface area contributed by atoms with Crippen LogP contribution in [0.2, 0.25) is 5.15 Å². The summed E-state index contributed by atoms with van der Waals surface area (Å²) in [7, 11) is 2.09. The molecule has 0 fully saturated rings. The molecule has 2 aromatic rings.